The van der Waals surface area contributed by atoms with Crippen molar-refractivity contribution in [2.45, 2.75) is 77.0 Å². The summed E-state index contributed by atoms with van der Waals surface area (Å²) in [7, 11) is 0. The van der Waals surface area contributed by atoms with Crippen molar-refractivity contribution in [1.29, 1.82) is 0 Å². The third-order valence-corrected chi connectivity index (χ3v) is 6.36. The van der Waals surface area contributed by atoms with Gasteiger partial charge in [-0.1, -0.05) is 32.3 Å². The van der Waals surface area contributed by atoms with Crippen molar-refractivity contribution in [2.75, 3.05) is 0 Å². The maximum atomic E-state index is 12.2. The van der Waals surface area contributed by atoms with E-state index in [-0.39, 0.29) is 5.88 Å². The fourth-order valence-electron chi connectivity index (χ4n) is 4.80. The summed E-state index contributed by atoms with van der Waals surface area (Å²) in [6, 6.07) is 3.08. The third kappa shape index (κ3) is 5.11. The van der Waals surface area contributed by atoms with Crippen LogP contribution in [-0.4, -0.2) is 11.3 Å². The van der Waals surface area contributed by atoms with Crippen LogP contribution in [0, 0.1) is 17.8 Å². The van der Waals surface area contributed by atoms with Gasteiger partial charge < -0.3 is 4.74 Å². The topological polar surface area (TPSA) is 22.1 Å². The summed E-state index contributed by atoms with van der Waals surface area (Å²) in [5, 5.41) is 0. The molecule has 3 rings (SSSR count). The Bertz CT molecular complexity index is 527. The minimum atomic E-state index is -4.68. The molecule has 1 aromatic heterocycles. The van der Waals surface area contributed by atoms with Crippen LogP contribution in [0.2, 0.25) is 0 Å². The molecule has 0 radical (unpaired) electrons. The van der Waals surface area contributed by atoms with Crippen LogP contribution in [0.1, 0.15) is 76.2 Å². The highest BCUT2D eigenvalue weighted by Gasteiger charge is 2.33. The number of pyridine rings is 1. The number of ether oxygens (including phenoxy) is 1. The van der Waals surface area contributed by atoms with Crippen LogP contribution >= 0.6 is 0 Å². The Morgan fingerprint density at radius 1 is 0.960 bits per heavy atom. The van der Waals surface area contributed by atoms with Crippen LogP contribution < -0.4 is 4.74 Å². The molecule has 0 N–H and O–H groups in total. The Labute approximate surface area is 148 Å². The lowest BCUT2D eigenvalue weighted by Crippen LogP contribution is -2.25. The van der Waals surface area contributed by atoms with Crippen molar-refractivity contribution in [2.24, 2.45) is 17.8 Å². The van der Waals surface area contributed by atoms with E-state index in [1.807, 2.05) is 0 Å². The van der Waals surface area contributed by atoms with Crippen molar-refractivity contribution >= 4 is 0 Å². The van der Waals surface area contributed by atoms with Crippen molar-refractivity contribution < 1.29 is 17.9 Å². The number of rotatable bonds is 4. The van der Waals surface area contributed by atoms with Crippen molar-refractivity contribution in [3.05, 3.63) is 23.9 Å². The Kier molecular flexibility index (Phi) is 5.90. The molecule has 2 fully saturated rings. The molecular weight excluding hydrogens is 327 g/mol. The molecule has 0 aliphatic heterocycles. The van der Waals surface area contributed by atoms with E-state index in [1.54, 1.807) is 12.3 Å². The molecule has 5 heteroatoms. The number of hydrogen-bond acceptors (Lipinski definition) is 2. The van der Waals surface area contributed by atoms with Gasteiger partial charge in [0.05, 0.1) is 0 Å². The monoisotopic (exact) mass is 355 g/mol. The summed E-state index contributed by atoms with van der Waals surface area (Å²) < 4.78 is 40.5. The van der Waals surface area contributed by atoms with E-state index < -0.39 is 6.36 Å². The maximum absolute atomic E-state index is 12.2. The minimum Gasteiger partial charge on any atom is -0.388 e. The SMILES string of the molecule is CCC1CCC(C2CCC(c3ccc(OC(F)(F)F)nc3)CC2)CC1. The van der Waals surface area contributed by atoms with E-state index in [4.69, 9.17) is 0 Å². The van der Waals surface area contributed by atoms with Crippen LogP contribution in [0.25, 0.3) is 0 Å². The molecule has 0 unspecified atom stereocenters. The largest absolute Gasteiger partial charge is 0.574 e. The van der Waals surface area contributed by atoms with Gasteiger partial charge in [-0.05, 0) is 67.8 Å². The second kappa shape index (κ2) is 7.96. The predicted molar refractivity (Wildman–Crippen MR) is 91.4 cm³/mol. The highest BCUT2D eigenvalue weighted by Crippen LogP contribution is 2.44. The number of nitrogens with zero attached hydrogens (tertiary/aromatic N) is 1. The van der Waals surface area contributed by atoms with Gasteiger partial charge in [0.2, 0.25) is 5.88 Å². The first-order valence-corrected chi connectivity index (χ1v) is 9.66. The van der Waals surface area contributed by atoms with Crippen LogP contribution in [-0.2, 0) is 0 Å². The van der Waals surface area contributed by atoms with E-state index in [2.05, 4.69) is 16.6 Å². The minimum absolute atomic E-state index is 0.377. The van der Waals surface area contributed by atoms with Gasteiger partial charge in [-0.2, -0.15) is 0 Å². The summed E-state index contributed by atoms with van der Waals surface area (Å²) in [5.41, 5.74) is 1.04. The lowest BCUT2D eigenvalue weighted by Gasteiger charge is -2.37. The van der Waals surface area contributed by atoms with Crippen molar-refractivity contribution in [3.63, 3.8) is 0 Å². The standard InChI is InChI=1S/C20H28F3NO/c1-2-14-3-5-15(6-4-14)16-7-9-17(10-8-16)18-11-12-19(24-13-18)25-20(21,22)23/h11-17H,2-10H2,1H3. The average Bonchev–Trinajstić information content (AvgIpc) is 2.61. The second-order valence-electron chi connectivity index (χ2n) is 7.78. The molecule has 0 bridgehead atoms. The highest BCUT2D eigenvalue weighted by molar-refractivity contribution is 5.22. The van der Waals surface area contributed by atoms with Gasteiger partial charge in [0.15, 0.2) is 0 Å². The molecule has 0 atom stereocenters. The molecule has 2 aliphatic rings. The van der Waals surface area contributed by atoms with Crippen LogP contribution in [0.15, 0.2) is 18.3 Å². The first kappa shape index (κ1) is 18.5. The molecule has 1 heterocycles. The summed E-state index contributed by atoms with van der Waals surface area (Å²) >= 11 is 0. The lowest BCUT2D eigenvalue weighted by molar-refractivity contribution is -0.276. The molecule has 25 heavy (non-hydrogen) atoms. The Morgan fingerprint density at radius 2 is 1.56 bits per heavy atom. The molecule has 2 nitrogen and oxygen atoms in total. The zero-order valence-corrected chi connectivity index (χ0v) is 14.9. The second-order valence-corrected chi connectivity index (χ2v) is 7.78. The fraction of sp³-hybridized carbons (Fsp3) is 0.750. The molecule has 0 aromatic carbocycles. The summed E-state index contributed by atoms with van der Waals surface area (Å²) in [4.78, 5) is 3.82. The zero-order chi connectivity index (χ0) is 17.9. The zero-order valence-electron chi connectivity index (χ0n) is 14.9. The number of halogens is 3. The summed E-state index contributed by atoms with van der Waals surface area (Å²) in [6.07, 6.45) is 8.50. The smallest absolute Gasteiger partial charge is 0.388 e. The number of aromatic nitrogens is 1. The highest BCUT2D eigenvalue weighted by atomic mass is 19.4. The molecular formula is C20H28F3NO. The van der Waals surface area contributed by atoms with Gasteiger partial charge in [-0.15, -0.1) is 13.2 Å². The quantitative estimate of drug-likeness (QED) is 0.617. The van der Waals surface area contributed by atoms with Gasteiger partial charge in [-0.25, -0.2) is 4.98 Å². The lowest BCUT2D eigenvalue weighted by atomic mass is 9.68. The summed E-state index contributed by atoms with van der Waals surface area (Å²) in [6.45, 7) is 2.30. The number of hydrogen-bond donors (Lipinski definition) is 0. The van der Waals surface area contributed by atoms with E-state index >= 15 is 0 Å². The normalized spacial score (nSPS) is 30.9. The first-order chi connectivity index (χ1) is 11.9. The molecule has 1 aromatic rings. The van der Waals surface area contributed by atoms with Crippen molar-refractivity contribution in [3.8, 4) is 5.88 Å². The Balaban J connectivity index is 1.49. The third-order valence-electron chi connectivity index (χ3n) is 6.36. The van der Waals surface area contributed by atoms with Gasteiger partial charge in [0, 0.05) is 12.3 Å². The Hall–Kier alpha value is -1.26. The predicted octanol–water partition coefficient (Wildman–Crippen LogP) is 6.47. The average molecular weight is 355 g/mol. The Morgan fingerprint density at radius 3 is 2.04 bits per heavy atom. The molecule has 2 aliphatic carbocycles. The van der Waals surface area contributed by atoms with Crippen LogP contribution in [0.3, 0.4) is 0 Å². The van der Waals surface area contributed by atoms with E-state index in [9.17, 15) is 13.2 Å². The van der Waals surface area contributed by atoms with E-state index in [1.165, 1.54) is 51.0 Å². The van der Waals surface area contributed by atoms with Gasteiger partial charge in [0.1, 0.15) is 0 Å². The number of alkyl halides is 3. The van der Waals surface area contributed by atoms with Crippen LogP contribution in [0.5, 0.6) is 5.88 Å². The maximum Gasteiger partial charge on any atom is 0.574 e. The van der Waals surface area contributed by atoms with Crippen molar-refractivity contribution in [1.82, 2.24) is 4.98 Å². The molecule has 0 amide bonds. The van der Waals surface area contributed by atoms with Crippen LogP contribution in [0.4, 0.5) is 13.2 Å². The summed E-state index contributed by atoms with van der Waals surface area (Å²) in [5.74, 6) is 2.73. The molecule has 2 saturated carbocycles. The van der Waals surface area contributed by atoms with Gasteiger partial charge in [0.25, 0.3) is 0 Å². The van der Waals surface area contributed by atoms with Gasteiger partial charge in [-0.3, -0.25) is 0 Å². The van der Waals surface area contributed by atoms with E-state index in [0.29, 0.717) is 5.92 Å². The first-order valence-electron chi connectivity index (χ1n) is 9.66. The van der Waals surface area contributed by atoms with Gasteiger partial charge >= 0.3 is 6.36 Å². The fourth-order valence-corrected chi connectivity index (χ4v) is 4.80. The molecule has 0 spiro atoms. The molecule has 0 saturated heterocycles. The molecule has 140 valence electrons. The van der Waals surface area contributed by atoms with E-state index in [0.717, 1.165) is 36.2 Å².